The molecule has 1 aliphatic rings. The Morgan fingerprint density at radius 2 is 1.85 bits per heavy atom. The van der Waals surface area contributed by atoms with Crippen molar-refractivity contribution in [1.29, 1.82) is 5.26 Å². The standard InChI is InChI=1S/C26H29N7S/c1-17-22(14-30-33(17)21-10-8-20(9-11-21)31(2)3)19-12-25(26-23(28)15-29-32(26)16-19)34-24-7-5-4-6-18(24)13-27/h4-7,12,14-16,20-21H,8-11,28H2,1-3H3. The Bertz CT molecular complexity index is 1370. The summed E-state index contributed by atoms with van der Waals surface area (Å²) < 4.78 is 4.04. The van der Waals surface area contributed by atoms with E-state index in [9.17, 15) is 5.26 Å². The highest BCUT2D eigenvalue weighted by Crippen LogP contribution is 2.39. The van der Waals surface area contributed by atoms with E-state index in [2.05, 4.69) is 47.8 Å². The zero-order valence-electron chi connectivity index (χ0n) is 19.8. The van der Waals surface area contributed by atoms with Gasteiger partial charge in [-0.25, -0.2) is 4.52 Å². The Hall–Kier alpha value is -3.28. The van der Waals surface area contributed by atoms with E-state index in [4.69, 9.17) is 10.8 Å². The lowest BCUT2D eigenvalue weighted by Gasteiger charge is -2.33. The minimum Gasteiger partial charge on any atom is -0.396 e. The Labute approximate surface area is 204 Å². The molecule has 1 fully saturated rings. The van der Waals surface area contributed by atoms with Gasteiger partial charge in [-0.05, 0) is 64.9 Å². The molecular weight excluding hydrogens is 442 g/mol. The number of hydrogen-bond acceptors (Lipinski definition) is 6. The van der Waals surface area contributed by atoms with Gasteiger partial charge in [0.05, 0.1) is 29.7 Å². The first-order valence-electron chi connectivity index (χ1n) is 11.6. The molecule has 1 saturated carbocycles. The first kappa shape index (κ1) is 22.5. The van der Waals surface area contributed by atoms with Gasteiger partial charge in [0, 0.05) is 38.9 Å². The molecular formula is C26H29N7S. The maximum Gasteiger partial charge on any atom is 0.103 e. The lowest BCUT2D eigenvalue weighted by molar-refractivity contribution is 0.188. The van der Waals surface area contributed by atoms with E-state index in [1.54, 1.807) is 18.0 Å². The predicted molar refractivity (Wildman–Crippen MR) is 136 cm³/mol. The molecule has 0 saturated heterocycles. The molecule has 174 valence electrons. The topological polar surface area (TPSA) is 88.2 Å². The fourth-order valence-corrected chi connectivity index (χ4v) is 6.09. The maximum absolute atomic E-state index is 9.55. The van der Waals surface area contributed by atoms with Crippen LogP contribution < -0.4 is 5.73 Å². The second-order valence-corrected chi connectivity index (χ2v) is 10.3. The number of aromatic nitrogens is 4. The molecule has 0 amide bonds. The summed E-state index contributed by atoms with van der Waals surface area (Å²) in [5.41, 5.74) is 11.7. The van der Waals surface area contributed by atoms with E-state index in [1.165, 1.54) is 18.5 Å². The Kier molecular flexibility index (Phi) is 6.07. The Morgan fingerprint density at radius 1 is 1.09 bits per heavy atom. The highest BCUT2D eigenvalue weighted by Gasteiger charge is 2.26. The van der Waals surface area contributed by atoms with E-state index < -0.39 is 0 Å². The van der Waals surface area contributed by atoms with Crippen LogP contribution in [0.2, 0.25) is 0 Å². The monoisotopic (exact) mass is 471 g/mol. The van der Waals surface area contributed by atoms with Crippen LogP contribution in [0.4, 0.5) is 5.69 Å². The molecule has 1 aromatic carbocycles. The van der Waals surface area contributed by atoms with E-state index in [1.807, 2.05) is 41.2 Å². The van der Waals surface area contributed by atoms with Crippen molar-refractivity contribution in [1.82, 2.24) is 24.3 Å². The number of nitrogen functional groups attached to an aromatic ring is 1. The van der Waals surface area contributed by atoms with Crippen molar-refractivity contribution >= 4 is 23.0 Å². The van der Waals surface area contributed by atoms with Crippen LogP contribution in [0.25, 0.3) is 16.6 Å². The number of nitrogens with zero attached hydrogens (tertiary/aromatic N) is 6. The SMILES string of the molecule is Cc1c(-c2cc(Sc3ccccc3C#N)c3c(N)cnn3c2)cnn1C1CCC(N(C)C)CC1. The highest BCUT2D eigenvalue weighted by atomic mass is 32.2. The van der Waals surface area contributed by atoms with Gasteiger partial charge in [0.2, 0.25) is 0 Å². The number of nitriles is 1. The van der Waals surface area contributed by atoms with Crippen LogP contribution in [-0.2, 0) is 0 Å². The van der Waals surface area contributed by atoms with Crippen molar-refractivity contribution in [2.24, 2.45) is 0 Å². The number of hydrogen-bond donors (Lipinski definition) is 1. The summed E-state index contributed by atoms with van der Waals surface area (Å²) in [5, 5.41) is 18.8. The van der Waals surface area contributed by atoms with Crippen molar-refractivity contribution in [2.45, 2.75) is 54.5 Å². The average molecular weight is 472 g/mol. The number of anilines is 1. The van der Waals surface area contributed by atoms with Crippen LogP contribution in [0.15, 0.2) is 58.7 Å². The van der Waals surface area contributed by atoms with Crippen LogP contribution in [0, 0.1) is 18.3 Å². The molecule has 3 aromatic heterocycles. The molecule has 5 rings (SSSR count). The summed E-state index contributed by atoms with van der Waals surface area (Å²) in [6.45, 7) is 2.15. The fraction of sp³-hybridized carbons (Fsp3) is 0.346. The van der Waals surface area contributed by atoms with Gasteiger partial charge >= 0.3 is 0 Å². The largest absolute Gasteiger partial charge is 0.396 e. The van der Waals surface area contributed by atoms with Gasteiger partial charge in [-0.1, -0.05) is 23.9 Å². The number of fused-ring (bicyclic) bond motifs is 1. The zero-order chi connectivity index (χ0) is 23.8. The van der Waals surface area contributed by atoms with Crippen molar-refractivity contribution in [3.8, 4) is 17.2 Å². The molecule has 7 nitrogen and oxygen atoms in total. The normalized spacial score (nSPS) is 18.4. The van der Waals surface area contributed by atoms with E-state index >= 15 is 0 Å². The van der Waals surface area contributed by atoms with Gasteiger partial charge in [-0.2, -0.15) is 15.5 Å². The van der Waals surface area contributed by atoms with Crippen molar-refractivity contribution in [2.75, 3.05) is 19.8 Å². The number of nitrogens with two attached hydrogens (primary N) is 1. The first-order chi connectivity index (χ1) is 16.5. The van der Waals surface area contributed by atoms with Crippen LogP contribution in [0.3, 0.4) is 0 Å². The number of benzene rings is 1. The molecule has 0 spiro atoms. The third-order valence-corrected chi connectivity index (χ3v) is 8.04. The average Bonchev–Trinajstić information content (AvgIpc) is 3.42. The molecule has 0 aliphatic heterocycles. The van der Waals surface area contributed by atoms with Crippen LogP contribution in [0.5, 0.6) is 0 Å². The van der Waals surface area contributed by atoms with Crippen LogP contribution >= 0.6 is 11.8 Å². The molecule has 34 heavy (non-hydrogen) atoms. The molecule has 0 unspecified atom stereocenters. The summed E-state index contributed by atoms with van der Waals surface area (Å²) in [4.78, 5) is 4.20. The van der Waals surface area contributed by atoms with E-state index in [0.29, 0.717) is 23.3 Å². The molecule has 0 bridgehead atoms. The fourth-order valence-electron chi connectivity index (χ4n) is 4.99. The molecule has 0 radical (unpaired) electrons. The predicted octanol–water partition coefficient (Wildman–Crippen LogP) is 5.16. The summed E-state index contributed by atoms with van der Waals surface area (Å²) in [6, 6.07) is 13.2. The minimum absolute atomic E-state index is 0.436. The van der Waals surface area contributed by atoms with Gasteiger partial charge in [0.1, 0.15) is 11.6 Å². The summed E-state index contributed by atoms with van der Waals surface area (Å²) >= 11 is 1.54. The molecule has 8 heteroatoms. The minimum atomic E-state index is 0.436. The van der Waals surface area contributed by atoms with E-state index in [-0.39, 0.29) is 0 Å². The van der Waals surface area contributed by atoms with Crippen LogP contribution in [-0.4, -0.2) is 44.4 Å². The third-order valence-electron chi connectivity index (χ3n) is 6.93. The Balaban J connectivity index is 1.51. The van der Waals surface area contributed by atoms with Gasteiger partial charge in [-0.3, -0.25) is 4.68 Å². The molecule has 1 aliphatic carbocycles. The molecule has 0 atom stereocenters. The smallest absolute Gasteiger partial charge is 0.103 e. The van der Waals surface area contributed by atoms with Gasteiger partial charge in [0.15, 0.2) is 0 Å². The van der Waals surface area contributed by atoms with Crippen molar-refractivity contribution in [3.63, 3.8) is 0 Å². The molecule has 4 aromatic rings. The maximum atomic E-state index is 9.55. The van der Waals surface area contributed by atoms with Crippen molar-refractivity contribution in [3.05, 3.63) is 60.2 Å². The van der Waals surface area contributed by atoms with E-state index in [0.717, 1.165) is 39.3 Å². The second kappa shape index (κ2) is 9.16. The van der Waals surface area contributed by atoms with Gasteiger partial charge in [0.25, 0.3) is 0 Å². The summed E-state index contributed by atoms with van der Waals surface area (Å²) in [7, 11) is 4.34. The second-order valence-electron chi connectivity index (χ2n) is 9.21. The quantitative estimate of drug-likeness (QED) is 0.433. The lowest BCUT2D eigenvalue weighted by Crippen LogP contribution is -2.33. The number of pyridine rings is 1. The van der Waals surface area contributed by atoms with Gasteiger partial charge in [-0.15, -0.1) is 0 Å². The highest BCUT2D eigenvalue weighted by molar-refractivity contribution is 7.99. The summed E-state index contributed by atoms with van der Waals surface area (Å²) in [5.74, 6) is 0. The third kappa shape index (κ3) is 4.06. The Morgan fingerprint density at radius 3 is 2.59 bits per heavy atom. The van der Waals surface area contributed by atoms with Gasteiger partial charge < -0.3 is 10.6 Å². The molecule has 3 heterocycles. The summed E-state index contributed by atoms with van der Waals surface area (Å²) in [6.07, 6.45) is 10.4. The number of rotatable bonds is 5. The first-order valence-corrected chi connectivity index (χ1v) is 12.4. The zero-order valence-corrected chi connectivity index (χ0v) is 20.6. The van der Waals surface area contributed by atoms with Crippen LogP contribution in [0.1, 0.15) is 43.0 Å². The lowest BCUT2D eigenvalue weighted by atomic mass is 9.90. The molecule has 2 N–H and O–H groups in total. The van der Waals surface area contributed by atoms with Crippen molar-refractivity contribution < 1.29 is 0 Å².